The molecule has 1 aromatic heterocycles. The summed E-state index contributed by atoms with van der Waals surface area (Å²) in [6, 6.07) is 13.0. The van der Waals surface area contributed by atoms with Crippen LogP contribution in [0.4, 0.5) is 0 Å². The Bertz CT molecular complexity index is 1070. The van der Waals surface area contributed by atoms with Crippen molar-refractivity contribution in [1.29, 1.82) is 0 Å². The first-order valence-electron chi connectivity index (χ1n) is 9.77. The lowest BCUT2D eigenvalue weighted by Gasteiger charge is -2.20. The molecular weight excluding hydrogens is 407 g/mol. The van der Waals surface area contributed by atoms with Crippen molar-refractivity contribution in [2.75, 3.05) is 0 Å². The summed E-state index contributed by atoms with van der Waals surface area (Å²) >= 11 is 12.0. The second-order valence-electron chi connectivity index (χ2n) is 7.50. The van der Waals surface area contributed by atoms with Gasteiger partial charge in [0.1, 0.15) is 0 Å². The highest BCUT2D eigenvalue weighted by Gasteiger charge is 2.20. The smallest absolute Gasteiger partial charge is 0.344 e. The Labute approximate surface area is 180 Å². The van der Waals surface area contributed by atoms with Crippen molar-refractivity contribution in [3.63, 3.8) is 0 Å². The maximum atomic E-state index is 12.6. The van der Waals surface area contributed by atoms with Crippen LogP contribution >= 0.6 is 23.2 Å². The van der Waals surface area contributed by atoms with Crippen LogP contribution < -0.4 is 4.74 Å². The van der Waals surface area contributed by atoms with Crippen molar-refractivity contribution in [2.45, 2.75) is 45.6 Å². The largest absolute Gasteiger partial charge is 0.404 e. The molecule has 6 heteroatoms. The number of rotatable bonds is 4. The van der Waals surface area contributed by atoms with Crippen molar-refractivity contribution >= 4 is 29.2 Å². The van der Waals surface area contributed by atoms with E-state index in [9.17, 15) is 4.79 Å². The Kier molecular flexibility index (Phi) is 5.66. The lowest BCUT2D eigenvalue weighted by molar-refractivity contribution is 0.0717. The average Bonchev–Trinajstić information content (AvgIpc) is 3.09. The zero-order chi connectivity index (χ0) is 20.5. The number of esters is 1. The second kappa shape index (κ2) is 8.21. The molecule has 1 aliphatic rings. The molecule has 1 heterocycles. The van der Waals surface area contributed by atoms with E-state index in [-0.39, 0.29) is 6.04 Å². The molecule has 0 spiro atoms. The maximum Gasteiger partial charge on any atom is 0.344 e. The summed E-state index contributed by atoms with van der Waals surface area (Å²) in [7, 11) is 0. The van der Waals surface area contributed by atoms with Gasteiger partial charge >= 0.3 is 5.97 Å². The molecule has 0 radical (unpaired) electrons. The first kappa shape index (κ1) is 20.0. The van der Waals surface area contributed by atoms with Crippen LogP contribution in [0.5, 0.6) is 5.88 Å². The number of aryl methyl sites for hydroxylation is 3. The number of hydrogen-bond acceptors (Lipinski definition) is 3. The van der Waals surface area contributed by atoms with Crippen LogP contribution in [0, 0.1) is 6.92 Å². The molecule has 1 unspecified atom stereocenters. The van der Waals surface area contributed by atoms with Crippen LogP contribution in [-0.2, 0) is 12.8 Å². The Morgan fingerprint density at radius 3 is 2.55 bits per heavy atom. The predicted molar refractivity (Wildman–Crippen MR) is 115 cm³/mol. The van der Waals surface area contributed by atoms with E-state index < -0.39 is 5.97 Å². The molecule has 0 amide bonds. The van der Waals surface area contributed by atoms with Gasteiger partial charge in [-0.15, -0.1) is 0 Å². The highest BCUT2D eigenvalue weighted by molar-refractivity contribution is 6.42. The molecule has 0 saturated carbocycles. The van der Waals surface area contributed by atoms with Gasteiger partial charge in [-0.1, -0.05) is 41.4 Å². The van der Waals surface area contributed by atoms with Crippen molar-refractivity contribution in [3.8, 4) is 5.88 Å². The summed E-state index contributed by atoms with van der Waals surface area (Å²) in [5.41, 5.74) is 5.13. The van der Waals surface area contributed by atoms with Gasteiger partial charge in [0.05, 0.1) is 27.3 Å². The highest BCUT2D eigenvalue weighted by Crippen LogP contribution is 2.30. The van der Waals surface area contributed by atoms with E-state index in [1.54, 1.807) is 22.9 Å². The Morgan fingerprint density at radius 2 is 1.79 bits per heavy atom. The number of ether oxygens (including phenoxy) is 1. The molecule has 0 fully saturated rings. The van der Waals surface area contributed by atoms with Crippen molar-refractivity contribution < 1.29 is 9.53 Å². The zero-order valence-corrected chi connectivity index (χ0v) is 17.9. The SMILES string of the molecule is Cc1cc(OC(=O)c2ccc(Cl)c(Cl)c2)n(C(C)c2ccc3c(c2)CCCC3)n1. The molecule has 150 valence electrons. The first-order chi connectivity index (χ1) is 13.9. The van der Waals surface area contributed by atoms with Gasteiger partial charge in [-0.25, -0.2) is 9.48 Å². The number of nitrogens with zero attached hydrogens (tertiary/aromatic N) is 2. The van der Waals surface area contributed by atoms with Crippen LogP contribution in [-0.4, -0.2) is 15.7 Å². The molecule has 0 bridgehead atoms. The van der Waals surface area contributed by atoms with Gasteiger partial charge in [-0.2, -0.15) is 5.10 Å². The summed E-state index contributed by atoms with van der Waals surface area (Å²) in [6.07, 6.45) is 4.76. The van der Waals surface area contributed by atoms with Gasteiger partial charge in [0.25, 0.3) is 0 Å². The minimum absolute atomic E-state index is 0.0625. The first-order valence-corrected chi connectivity index (χ1v) is 10.5. The zero-order valence-electron chi connectivity index (χ0n) is 16.4. The molecule has 2 aromatic carbocycles. The van der Waals surface area contributed by atoms with Gasteiger partial charge in [0.15, 0.2) is 0 Å². The van der Waals surface area contributed by atoms with Crippen molar-refractivity contribution in [1.82, 2.24) is 9.78 Å². The topological polar surface area (TPSA) is 44.1 Å². The van der Waals surface area contributed by atoms with Crippen LogP contribution in [0.25, 0.3) is 0 Å². The fraction of sp³-hybridized carbons (Fsp3) is 0.304. The minimum atomic E-state index is -0.498. The molecule has 4 nitrogen and oxygen atoms in total. The highest BCUT2D eigenvalue weighted by atomic mass is 35.5. The molecule has 29 heavy (non-hydrogen) atoms. The summed E-state index contributed by atoms with van der Waals surface area (Å²) in [6.45, 7) is 3.94. The molecular formula is C23H22Cl2N2O2. The molecule has 0 aliphatic heterocycles. The van der Waals surface area contributed by atoms with E-state index in [1.165, 1.54) is 30.0 Å². The number of fused-ring (bicyclic) bond motifs is 1. The fourth-order valence-corrected chi connectivity index (χ4v) is 4.08. The van der Waals surface area contributed by atoms with Crippen LogP contribution in [0.2, 0.25) is 10.0 Å². The number of aromatic nitrogens is 2. The normalized spacial score (nSPS) is 14.3. The number of halogens is 2. The summed E-state index contributed by atoms with van der Waals surface area (Å²) in [5.74, 6) is -0.0915. The average molecular weight is 429 g/mol. The molecule has 4 rings (SSSR count). The molecule has 0 saturated heterocycles. The van der Waals surface area contributed by atoms with E-state index in [4.69, 9.17) is 27.9 Å². The van der Waals surface area contributed by atoms with Gasteiger partial charge in [0.2, 0.25) is 5.88 Å². The fourth-order valence-electron chi connectivity index (χ4n) is 3.78. The Morgan fingerprint density at radius 1 is 1.03 bits per heavy atom. The third-order valence-corrected chi connectivity index (χ3v) is 6.14. The van der Waals surface area contributed by atoms with Crippen LogP contribution in [0.15, 0.2) is 42.5 Å². The third-order valence-electron chi connectivity index (χ3n) is 5.40. The number of carbonyl (C=O) groups excluding carboxylic acids is 1. The Hall–Kier alpha value is -2.30. The van der Waals surface area contributed by atoms with Gasteiger partial charge in [-0.05, 0) is 74.4 Å². The molecule has 0 N–H and O–H groups in total. The van der Waals surface area contributed by atoms with Gasteiger partial charge in [-0.3, -0.25) is 0 Å². The van der Waals surface area contributed by atoms with E-state index in [0.717, 1.165) is 24.1 Å². The third kappa shape index (κ3) is 4.19. The molecule has 1 atom stereocenters. The minimum Gasteiger partial charge on any atom is -0.404 e. The number of benzene rings is 2. The monoisotopic (exact) mass is 428 g/mol. The lowest BCUT2D eigenvalue weighted by atomic mass is 9.89. The molecule has 3 aromatic rings. The van der Waals surface area contributed by atoms with E-state index in [2.05, 4.69) is 30.2 Å². The predicted octanol–water partition coefficient (Wildman–Crippen LogP) is 6.21. The maximum absolute atomic E-state index is 12.6. The second-order valence-corrected chi connectivity index (χ2v) is 8.31. The Balaban J connectivity index is 1.60. The lowest BCUT2D eigenvalue weighted by Crippen LogP contribution is -2.16. The van der Waals surface area contributed by atoms with Crippen molar-refractivity contribution in [3.05, 3.63) is 80.5 Å². The summed E-state index contributed by atoms with van der Waals surface area (Å²) in [4.78, 5) is 12.6. The molecule has 1 aliphatic carbocycles. The summed E-state index contributed by atoms with van der Waals surface area (Å²) in [5, 5.41) is 5.28. The van der Waals surface area contributed by atoms with E-state index in [0.29, 0.717) is 21.5 Å². The van der Waals surface area contributed by atoms with Gasteiger partial charge in [0, 0.05) is 6.07 Å². The number of carbonyl (C=O) groups is 1. The summed E-state index contributed by atoms with van der Waals surface area (Å²) < 4.78 is 7.42. The van der Waals surface area contributed by atoms with E-state index in [1.807, 2.05) is 6.92 Å². The number of hydrogen-bond donors (Lipinski definition) is 0. The van der Waals surface area contributed by atoms with E-state index >= 15 is 0 Å². The van der Waals surface area contributed by atoms with Crippen LogP contribution in [0.3, 0.4) is 0 Å². The van der Waals surface area contributed by atoms with Crippen LogP contribution in [0.1, 0.15) is 58.5 Å². The standard InChI is InChI=1S/C23H22Cl2N2O2/c1-14-11-22(29-23(28)19-9-10-20(24)21(25)13-19)27(26-14)15(2)17-8-7-16-5-3-4-6-18(16)12-17/h7-13,15H,3-6H2,1-2H3. The van der Waals surface area contributed by atoms with Gasteiger partial charge < -0.3 is 4.74 Å². The quantitative estimate of drug-likeness (QED) is 0.464. The van der Waals surface area contributed by atoms with Crippen molar-refractivity contribution in [2.24, 2.45) is 0 Å².